The van der Waals surface area contributed by atoms with Crippen LogP contribution in [-0.4, -0.2) is 28.7 Å². The first-order valence-electron chi connectivity index (χ1n) is 6.45. The molecule has 0 saturated carbocycles. The maximum Gasteiger partial charge on any atom is 0.225 e. The van der Waals surface area contributed by atoms with Crippen molar-refractivity contribution in [1.29, 1.82) is 0 Å². The Hall–Kier alpha value is -0.910. The van der Waals surface area contributed by atoms with Crippen LogP contribution in [0.15, 0.2) is 6.07 Å². The number of ether oxygens (including phenoxy) is 1. The van der Waals surface area contributed by atoms with Crippen molar-refractivity contribution >= 4 is 39.0 Å². The third-order valence-electron chi connectivity index (χ3n) is 3.38. The van der Waals surface area contributed by atoms with Crippen LogP contribution in [0, 0.1) is 6.92 Å². The summed E-state index contributed by atoms with van der Waals surface area (Å²) in [6.45, 7) is 5.04. The molecule has 2 unspecified atom stereocenters. The van der Waals surface area contributed by atoms with Crippen LogP contribution in [0.4, 0.5) is 5.82 Å². The van der Waals surface area contributed by atoms with E-state index in [-0.39, 0.29) is 17.4 Å². The standard InChI is InChI=1S/C13H16ClN3OS/c1-7-6-9-11(16-13(14)17-12(9)19-7)15-8(2)10-4-3-5-18-10/h6,8,10H,3-5H2,1-2H3,(H,15,16,17). The number of aromatic nitrogens is 2. The number of rotatable bonds is 3. The lowest BCUT2D eigenvalue weighted by Crippen LogP contribution is -2.30. The van der Waals surface area contributed by atoms with Crippen LogP contribution in [0.3, 0.4) is 0 Å². The zero-order valence-corrected chi connectivity index (χ0v) is 12.5. The van der Waals surface area contributed by atoms with Crippen LogP contribution in [0.1, 0.15) is 24.6 Å². The van der Waals surface area contributed by atoms with Crippen molar-refractivity contribution in [3.8, 4) is 0 Å². The molecule has 0 spiro atoms. The number of anilines is 1. The first-order valence-corrected chi connectivity index (χ1v) is 7.65. The van der Waals surface area contributed by atoms with Crippen LogP contribution < -0.4 is 5.32 Å². The minimum atomic E-state index is 0.219. The average molecular weight is 298 g/mol. The quantitative estimate of drug-likeness (QED) is 0.879. The molecule has 0 bridgehead atoms. The van der Waals surface area contributed by atoms with Crippen molar-refractivity contribution in [1.82, 2.24) is 9.97 Å². The van der Waals surface area contributed by atoms with Gasteiger partial charge in [-0.25, -0.2) is 9.97 Å². The van der Waals surface area contributed by atoms with Gasteiger partial charge in [0.25, 0.3) is 0 Å². The minimum absolute atomic E-state index is 0.219. The highest BCUT2D eigenvalue weighted by Gasteiger charge is 2.23. The Bertz CT molecular complexity index is 595. The van der Waals surface area contributed by atoms with Crippen LogP contribution in [0.2, 0.25) is 5.28 Å². The molecule has 19 heavy (non-hydrogen) atoms. The van der Waals surface area contributed by atoms with Gasteiger partial charge >= 0.3 is 0 Å². The molecule has 1 aliphatic heterocycles. The number of thiophene rings is 1. The second-order valence-electron chi connectivity index (χ2n) is 4.90. The molecule has 3 rings (SSSR count). The van der Waals surface area contributed by atoms with Crippen molar-refractivity contribution in [2.24, 2.45) is 0 Å². The van der Waals surface area contributed by atoms with Crippen LogP contribution in [0.5, 0.6) is 0 Å². The van der Waals surface area contributed by atoms with Crippen molar-refractivity contribution in [3.63, 3.8) is 0 Å². The minimum Gasteiger partial charge on any atom is -0.376 e. The molecule has 2 atom stereocenters. The Kier molecular flexibility index (Phi) is 3.60. The van der Waals surface area contributed by atoms with Gasteiger partial charge in [0.1, 0.15) is 10.6 Å². The smallest absolute Gasteiger partial charge is 0.225 e. The fourth-order valence-corrected chi connectivity index (χ4v) is 3.53. The van der Waals surface area contributed by atoms with Gasteiger partial charge in [-0.15, -0.1) is 11.3 Å². The van der Waals surface area contributed by atoms with Gasteiger partial charge in [-0.3, -0.25) is 0 Å². The van der Waals surface area contributed by atoms with Crippen molar-refractivity contribution in [3.05, 3.63) is 16.2 Å². The fourth-order valence-electron chi connectivity index (χ4n) is 2.43. The third kappa shape index (κ3) is 2.68. The zero-order valence-electron chi connectivity index (χ0n) is 10.9. The molecular weight excluding hydrogens is 282 g/mol. The molecule has 3 heterocycles. The number of nitrogens with one attached hydrogen (secondary N) is 1. The van der Waals surface area contributed by atoms with Gasteiger partial charge in [-0.2, -0.15) is 0 Å². The summed E-state index contributed by atoms with van der Waals surface area (Å²) in [5.41, 5.74) is 0. The number of fused-ring (bicyclic) bond motifs is 1. The third-order valence-corrected chi connectivity index (χ3v) is 4.49. The number of halogens is 1. The summed E-state index contributed by atoms with van der Waals surface area (Å²) < 4.78 is 5.70. The molecule has 1 fully saturated rings. The molecule has 2 aromatic rings. The normalized spacial score (nSPS) is 20.9. The lowest BCUT2D eigenvalue weighted by atomic mass is 10.1. The largest absolute Gasteiger partial charge is 0.376 e. The van der Waals surface area contributed by atoms with Gasteiger partial charge in [0.15, 0.2) is 0 Å². The molecule has 0 radical (unpaired) electrons. The van der Waals surface area contributed by atoms with Gasteiger partial charge < -0.3 is 10.1 Å². The van der Waals surface area contributed by atoms with Crippen molar-refractivity contribution in [2.45, 2.75) is 38.8 Å². The summed E-state index contributed by atoms with van der Waals surface area (Å²) in [4.78, 5) is 10.7. The molecule has 1 saturated heterocycles. The molecule has 102 valence electrons. The van der Waals surface area contributed by atoms with Gasteiger partial charge in [0, 0.05) is 11.5 Å². The summed E-state index contributed by atoms with van der Waals surface area (Å²) >= 11 is 7.62. The lowest BCUT2D eigenvalue weighted by Gasteiger charge is -2.20. The van der Waals surface area contributed by atoms with E-state index in [0.717, 1.165) is 35.5 Å². The predicted molar refractivity (Wildman–Crippen MR) is 79.2 cm³/mol. The number of nitrogens with zero attached hydrogens (tertiary/aromatic N) is 2. The monoisotopic (exact) mass is 297 g/mol. The molecule has 0 aliphatic carbocycles. The number of hydrogen-bond donors (Lipinski definition) is 1. The van der Waals surface area contributed by atoms with Gasteiger partial charge in [-0.05, 0) is 44.4 Å². The zero-order chi connectivity index (χ0) is 13.4. The Morgan fingerprint density at radius 1 is 1.53 bits per heavy atom. The molecule has 0 amide bonds. The van der Waals surface area contributed by atoms with E-state index in [2.05, 4.69) is 35.2 Å². The van der Waals surface area contributed by atoms with E-state index in [1.165, 1.54) is 4.88 Å². The lowest BCUT2D eigenvalue weighted by molar-refractivity contribution is 0.0996. The molecule has 0 aromatic carbocycles. The van der Waals surface area contributed by atoms with E-state index >= 15 is 0 Å². The number of aryl methyl sites for hydroxylation is 1. The predicted octanol–water partition coefficient (Wildman–Crippen LogP) is 3.63. The van der Waals surface area contributed by atoms with Crippen molar-refractivity contribution in [2.75, 3.05) is 11.9 Å². The Morgan fingerprint density at radius 3 is 3.11 bits per heavy atom. The van der Waals surface area contributed by atoms with Crippen molar-refractivity contribution < 1.29 is 4.74 Å². The molecular formula is C13H16ClN3OS. The van der Waals surface area contributed by atoms with Gasteiger partial charge in [0.2, 0.25) is 5.28 Å². The summed E-state index contributed by atoms with van der Waals surface area (Å²) in [5.74, 6) is 0.808. The van der Waals surface area contributed by atoms with E-state index in [1.54, 1.807) is 11.3 Å². The molecule has 2 aromatic heterocycles. The molecule has 4 nitrogen and oxygen atoms in total. The average Bonchev–Trinajstić information content (AvgIpc) is 2.96. The first kappa shape index (κ1) is 13.1. The van der Waals surface area contributed by atoms with Crippen LogP contribution in [-0.2, 0) is 4.74 Å². The summed E-state index contributed by atoms with van der Waals surface area (Å²) in [6, 6.07) is 2.32. The van der Waals surface area contributed by atoms with E-state index in [9.17, 15) is 0 Å². The van der Waals surface area contributed by atoms with E-state index in [1.807, 2.05) is 0 Å². The van der Waals surface area contributed by atoms with E-state index < -0.39 is 0 Å². The Labute approximate surface area is 121 Å². The number of hydrogen-bond acceptors (Lipinski definition) is 5. The first-order chi connectivity index (χ1) is 9.13. The van der Waals surface area contributed by atoms with E-state index in [0.29, 0.717) is 0 Å². The highest BCUT2D eigenvalue weighted by Crippen LogP contribution is 2.30. The molecule has 6 heteroatoms. The summed E-state index contributed by atoms with van der Waals surface area (Å²) in [6.07, 6.45) is 2.48. The second kappa shape index (κ2) is 5.23. The fraction of sp³-hybridized carbons (Fsp3) is 0.538. The summed E-state index contributed by atoms with van der Waals surface area (Å²) in [7, 11) is 0. The second-order valence-corrected chi connectivity index (χ2v) is 6.47. The topological polar surface area (TPSA) is 47.0 Å². The highest BCUT2D eigenvalue weighted by atomic mass is 35.5. The SMILES string of the molecule is Cc1cc2c(NC(C)C3CCCO3)nc(Cl)nc2s1. The highest BCUT2D eigenvalue weighted by molar-refractivity contribution is 7.18. The van der Waals surface area contributed by atoms with Crippen LogP contribution in [0.25, 0.3) is 10.2 Å². The van der Waals surface area contributed by atoms with E-state index in [4.69, 9.17) is 16.3 Å². The van der Waals surface area contributed by atoms with Crippen LogP contribution >= 0.6 is 22.9 Å². The Balaban J connectivity index is 1.90. The maximum atomic E-state index is 5.99. The molecule has 1 aliphatic rings. The van der Waals surface area contributed by atoms with Gasteiger partial charge in [0.05, 0.1) is 17.5 Å². The summed E-state index contributed by atoms with van der Waals surface area (Å²) in [5, 5.41) is 4.75. The van der Waals surface area contributed by atoms with Gasteiger partial charge in [-0.1, -0.05) is 0 Å². The molecule has 1 N–H and O–H groups in total. The maximum absolute atomic E-state index is 5.99. The Morgan fingerprint density at radius 2 is 2.37 bits per heavy atom.